The van der Waals surface area contributed by atoms with Crippen LogP contribution in [0.3, 0.4) is 0 Å². The average Bonchev–Trinajstić information content (AvgIpc) is 2.69. The molecular formula is C12H11Cl2NOS. The van der Waals surface area contributed by atoms with Gasteiger partial charge < -0.3 is 5.11 Å². The van der Waals surface area contributed by atoms with Gasteiger partial charge in [-0.1, -0.05) is 29.3 Å². The largest absolute Gasteiger partial charge is 0.387 e. The van der Waals surface area contributed by atoms with E-state index in [4.69, 9.17) is 23.2 Å². The van der Waals surface area contributed by atoms with Crippen molar-refractivity contribution in [2.45, 2.75) is 19.4 Å². The van der Waals surface area contributed by atoms with Gasteiger partial charge in [-0.25, -0.2) is 4.98 Å². The number of thiazole rings is 1. The number of hydrogen-bond donors (Lipinski definition) is 1. The molecule has 0 saturated heterocycles. The van der Waals surface area contributed by atoms with Gasteiger partial charge in [-0.05, 0) is 24.6 Å². The molecule has 1 aromatic heterocycles. The van der Waals surface area contributed by atoms with E-state index >= 15 is 0 Å². The predicted molar refractivity (Wildman–Crippen MR) is 72.0 cm³/mol. The van der Waals surface area contributed by atoms with E-state index in [1.54, 1.807) is 18.3 Å². The molecule has 0 aliphatic heterocycles. The van der Waals surface area contributed by atoms with Crippen LogP contribution in [0.25, 0.3) is 0 Å². The van der Waals surface area contributed by atoms with Gasteiger partial charge in [-0.2, -0.15) is 0 Å². The molecule has 90 valence electrons. The number of aryl methyl sites for hydroxylation is 1. The van der Waals surface area contributed by atoms with Crippen LogP contribution in [0, 0.1) is 6.92 Å². The van der Waals surface area contributed by atoms with Gasteiger partial charge >= 0.3 is 0 Å². The highest BCUT2D eigenvalue weighted by Gasteiger charge is 2.13. The molecule has 0 aliphatic rings. The van der Waals surface area contributed by atoms with Gasteiger partial charge in [0.2, 0.25) is 0 Å². The van der Waals surface area contributed by atoms with E-state index in [0.29, 0.717) is 16.5 Å². The Morgan fingerprint density at radius 1 is 1.41 bits per heavy atom. The number of benzene rings is 1. The summed E-state index contributed by atoms with van der Waals surface area (Å²) < 4.78 is 0. The molecule has 17 heavy (non-hydrogen) atoms. The van der Waals surface area contributed by atoms with Gasteiger partial charge in [-0.15, -0.1) is 11.3 Å². The molecule has 2 nitrogen and oxygen atoms in total. The van der Waals surface area contributed by atoms with Gasteiger partial charge in [-0.3, -0.25) is 0 Å². The van der Waals surface area contributed by atoms with Crippen molar-refractivity contribution in [1.82, 2.24) is 4.98 Å². The molecule has 0 fully saturated rings. The first-order chi connectivity index (χ1) is 8.06. The molecule has 0 aliphatic carbocycles. The number of aliphatic hydroxyl groups excluding tert-OH is 1. The Balaban J connectivity index is 2.15. The molecule has 0 saturated carbocycles. The number of rotatable bonds is 3. The minimum absolute atomic E-state index is 0.470. The van der Waals surface area contributed by atoms with Crippen LogP contribution in [0.1, 0.15) is 21.6 Å². The number of aliphatic hydroxyl groups is 1. The number of hydrogen-bond acceptors (Lipinski definition) is 3. The predicted octanol–water partition coefficient (Wildman–Crippen LogP) is 4.03. The van der Waals surface area contributed by atoms with Gasteiger partial charge in [0.15, 0.2) is 0 Å². The quantitative estimate of drug-likeness (QED) is 0.924. The highest BCUT2D eigenvalue weighted by Crippen LogP contribution is 2.28. The van der Waals surface area contributed by atoms with Crippen LogP contribution >= 0.6 is 34.5 Å². The molecule has 0 spiro atoms. The second kappa shape index (κ2) is 5.36. The van der Waals surface area contributed by atoms with Crippen molar-refractivity contribution in [3.05, 3.63) is 49.9 Å². The first kappa shape index (κ1) is 12.8. The van der Waals surface area contributed by atoms with Crippen LogP contribution in [-0.2, 0) is 6.42 Å². The lowest BCUT2D eigenvalue weighted by molar-refractivity contribution is 0.182. The number of aromatic nitrogens is 1. The molecule has 2 aromatic rings. The Morgan fingerprint density at radius 3 is 2.76 bits per heavy atom. The average molecular weight is 288 g/mol. The molecular weight excluding hydrogens is 277 g/mol. The van der Waals surface area contributed by atoms with E-state index in [-0.39, 0.29) is 0 Å². The van der Waals surface area contributed by atoms with Crippen LogP contribution < -0.4 is 0 Å². The van der Waals surface area contributed by atoms with Crippen molar-refractivity contribution in [2.24, 2.45) is 0 Å². The minimum atomic E-state index is -0.570. The van der Waals surface area contributed by atoms with Crippen LogP contribution in [0.2, 0.25) is 10.0 Å². The van der Waals surface area contributed by atoms with E-state index in [9.17, 15) is 5.11 Å². The maximum atomic E-state index is 10.1. The zero-order valence-electron chi connectivity index (χ0n) is 9.15. The van der Waals surface area contributed by atoms with Crippen molar-refractivity contribution in [1.29, 1.82) is 0 Å². The Kier molecular flexibility index (Phi) is 4.05. The summed E-state index contributed by atoms with van der Waals surface area (Å²) in [7, 11) is 0. The first-order valence-corrected chi connectivity index (χ1v) is 6.68. The van der Waals surface area contributed by atoms with E-state index < -0.39 is 6.10 Å². The maximum absolute atomic E-state index is 10.1. The summed E-state index contributed by atoms with van der Waals surface area (Å²) in [4.78, 5) is 4.98. The zero-order valence-corrected chi connectivity index (χ0v) is 11.5. The Hall–Kier alpha value is -0.610. The van der Waals surface area contributed by atoms with Crippen molar-refractivity contribution in [2.75, 3.05) is 0 Å². The number of nitrogens with zero attached hydrogens (tertiary/aromatic N) is 1. The summed E-state index contributed by atoms with van der Waals surface area (Å²) in [6, 6.07) is 5.29. The molecule has 1 heterocycles. The lowest BCUT2D eigenvalue weighted by atomic mass is 10.1. The monoisotopic (exact) mass is 287 g/mol. The highest BCUT2D eigenvalue weighted by atomic mass is 35.5. The molecule has 0 bridgehead atoms. The van der Waals surface area contributed by atoms with Gasteiger partial charge in [0, 0.05) is 22.7 Å². The van der Waals surface area contributed by atoms with Crippen LogP contribution in [0.5, 0.6) is 0 Å². The molecule has 0 radical (unpaired) electrons. The van der Waals surface area contributed by atoms with Crippen molar-refractivity contribution in [3.63, 3.8) is 0 Å². The normalized spacial score (nSPS) is 12.7. The van der Waals surface area contributed by atoms with Crippen LogP contribution in [0.4, 0.5) is 0 Å². The standard InChI is InChI=1S/C12H11Cl2NOS/c1-7-15-6-12(17-7)11(16)4-8-2-3-9(13)5-10(8)14/h2-3,5-6,11,16H,4H2,1H3. The van der Waals surface area contributed by atoms with E-state index in [0.717, 1.165) is 15.4 Å². The van der Waals surface area contributed by atoms with Crippen LogP contribution in [0.15, 0.2) is 24.4 Å². The van der Waals surface area contributed by atoms with Crippen LogP contribution in [-0.4, -0.2) is 10.1 Å². The van der Waals surface area contributed by atoms with Crippen molar-refractivity contribution >= 4 is 34.5 Å². The zero-order chi connectivity index (χ0) is 12.4. The summed E-state index contributed by atoms with van der Waals surface area (Å²) in [5.74, 6) is 0. The third kappa shape index (κ3) is 3.19. The topological polar surface area (TPSA) is 33.1 Å². The number of halogens is 2. The fourth-order valence-electron chi connectivity index (χ4n) is 1.53. The molecule has 1 atom stereocenters. The van der Waals surface area contributed by atoms with E-state index in [2.05, 4.69) is 4.98 Å². The summed E-state index contributed by atoms with van der Waals surface area (Å²) in [6.07, 6.45) is 1.60. The lowest BCUT2D eigenvalue weighted by Gasteiger charge is -2.09. The summed E-state index contributed by atoms with van der Waals surface area (Å²) >= 11 is 13.4. The second-order valence-corrected chi connectivity index (χ2v) is 5.85. The summed E-state index contributed by atoms with van der Waals surface area (Å²) in [6.45, 7) is 1.91. The first-order valence-electron chi connectivity index (χ1n) is 5.10. The molecule has 1 N–H and O–H groups in total. The molecule has 0 amide bonds. The Bertz CT molecular complexity index is 527. The molecule has 1 unspecified atom stereocenters. The molecule has 2 rings (SSSR count). The van der Waals surface area contributed by atoms with Gasteiger partial charge in [0.05, 0.1) is 16.0 Å². The third-order valence-corrected chi connectivity index (χ3v) is 4.00. The van der Waals surface area contributed by atoms with E-state index in [1.807, 2.05) is 13.0 Å². The maximum Gasteiger partial charge on any atom is 0.0938 e. The molecule has 1 aromatic carbocycles. The Labute approximate surface area is 114 Å². The Morgan fingerprint density at radius 2 is 2.18 bits per heavy atom. The van der Waals surface area contributed by atoms with E-state index in [1.165, 1.54) is 11.3 Å². The SMILES string of the molecule is Cc1ncc(C(O)Cc2ccc(Cl)cc2Cl)s1. The fourth-order valence-corrected chi connectivity index (χ4v) is 2.78. The third-order valence-electron chi connectivity index (χ3n) is 2.40. The summed E-state index contributed by atoms with van der Waals surface area (Å²) in [5, 5.41) is 12.2. The second-order valence-electron chi connectivity index (χ2n) is 3.74. The van der Waals surface area contributed by atoms with Gasteiger partial charge in [0.1, 0.15) is 0 Å². The minimum Gasteiger partial charge on any atom is -0.387 e. The van der Waals surface area contributed by atoms with Gasteiger partial charge in [0.25, 0.3) is 0 Å². The highest BCUT2D eigenvalue weighted by molar-refractivity contribution is 7.11. The van der Waals surface area contributed by atoms with Crippen molar-refractivity contribution in [3.8, 4) is 0 Å². The fraction of sp³-hybridized carbons (Fsp3) is 0.250. The smallest absolute Gasteiger partial charge is 0.0938 e. The molecule has 5 heteroatoms. The summed E-state index contributed by atoms with van der Waals surface area (Å²) in [5.41, 5.74) is 0.884. The lowest BCUT2D eigenvalue weighted by Crippen LogP contribution is -2.00. The van der Waals surface area contributed by atoms with Crippen molar-refractivity contribution < 1.29 is 5.11 Å².